The van der Waals surface area contributed by atoms with Crippen LogP contribution in [0.25, 0.3) is 0 Å². The van der Waals surface area contributed by atoms with Gasteiger partial charge in [0.25, 0.3) is 0 Å². The van der Waals surface area contributed by atoms with Gasteiger partial charge in [-0.1, -0.05) is 6.92 Å². The van der Waals surface area contributed by atoms with Crippen molar-refractivity contribution in [2.24, 2.45) is 0 Å². The molecule has 0 aliphatic carbocycles. The van der Waals surface area contributed by atoms with Crippen molar-refractivity contribution in [3.63, 3.8) is 0 Å². The number of piperidine rings is 1. The molecular weight excluding hydrogens is 356 g/mol. The molecule has 0 spiro atoms. The Morgan fingerprint density at radius 1 is 1.30 bits per heavy atom. The molecule has 2 aromatic rings. The normalized spacial score (nSPS) is 18.0. The van der Waals surface area contributed by atoms with Crippen LogP contribution >= 0.6 is 15.9 Å². The van der Waals surface area contributed by atoms with Gasteiger partial charge in [0.05, 0.1) is 0 Å². The fraction of sp³-hybridized carbons (Fsp3) is 0.438. The number of halogens is 1. The Balaban J connectivity index is 1.87. The zero-order chi connectivity index (χ0) is 16.2. The van der Waals surface area contributed by atoms with Crippen LogP contribution in [0.5, 0.6) is 0 Å². The topological polar surface area (TPSA) is 80.0 Å². The van der Waals surface area contributed by atoms with E-state index in [9.17, 15) is 0 Å². The molecule has 1 aliphatic rings. The minimum atomic E-state index is 0.500. The summed E-state index contributed by atoms with van der Waals surface area (Å²) in [7, 11) is 0. The first-order valence-electron chi connectivity index (χ1n) is 7.94. The largest absolute Gasteiger partial charge is 0.393 e. The van der Waals surface area contributed by atoms with Crippen LogP contribution in [0, 0.1) is 0 Å². The third-order valence-electron chi connectivity index (χ3n) is 4.21. The maximum atomic E-state index is 6.34. The average Bonchev–Trinajstić information content (AvgIpc) is 2.59. The number of nitrogens with one attached hydrogen (secondary N) is 1. The molecule has 122 valence electrons. The summed E-state index contributed by atoms with van der Waals surface area (Å²) >= 11 is 3.38. The molecule has 1 atom stereocenters. The van der Waals surface area contributed by atoms with Crippen LogP contribution in [0.3, 0.4) is 0 Å². The van der Waals surface area contributed by atoms with Crippen LogP contribution in [0.15, 0.2) is 29.1 Å². The molecule has 3 heterocycles. The van der Waals surface area contributed by atoms with E-state index in [2.05, 4.69) is 48.0 Å². The lowest BCUT2D eigenvalue weighted by Crippen LogP contribution is -2.40. The first-order chi connectivity index (χ1) is 11.2. The number of hydrogen-bond acceptors (Lipinski definition) is 6. The standard InChI is InChI=1S/C16H21BrN6/c1-2-12-5-3-4-8-23(12)16-14(18)15(20-10-21-16)22-13-7-6-11(17)9-19-13/h6-7,9-10,12H,2-5,8,18H2,1H3,(H,19,20,21,22). The summed E-state index contributed by atoms with van der Waals surface area (Å²) < 4.78 is 0.929. The number of anilines is 4. The van der Waals surface area contributed by atoms with E-state index in [1.54, 1.807) is 12.5 Å². The van der Waals surface area contributed by atoms with E-state index in [0.29, 0.717) is 23.4 Å². The number of aromatic nitrogens is 3. The molecule has 2 aromatic heterocycles. The van der Waals surface area contributed by atoms with Crippen molar-refractivity contribution in [2.45, 2.75) is 38.6 Å². The molecule has 6 nitrogen and oxygen atoms in total. The van der Waals surface area contributed by atoms with Gasteiger partial charge in [-0.05, 0) is 53.7 Å². The van der Waals surface area contributed by atoms with Crippen molar-refractivity contribution >= 4 is 39.1 Å². The van der Waals surface area contributed by atoms with Gasteiger partial charge in [-0.3, -0.25) is 0 Å². The molecule has 0 bridgehead atoms. The third kappa shape index (κ3) is 3.55. The Morgan fingerprint density at radius 3 is 2.91 bits per heavy atom. The molecule has 1 aliphatic heterocycles. The lowest BCUT2D eigenvalue weighted by atomic mass is 10.00. The van der Waals surface area contributed by atoms with Gasteiger partial charge in [-0.15, -0.1) is 0 Å². The Kier molecular flexibility index (Phi) is 4.95. The third-order valence-corrected chi connectivity index (χ3v) is 4.68. The molecule has 0 aromatic carbocycles. The van der Waals surface area contributed by atoms with Crippen LogP contribution in [0.4, 0.5) is 23.1 Å². The second-order valence-corrected chi connectivity index (χ2v) is 6.61. The lowest BCUT2D eigenvalue weighted by Gasteiger charge is -2.36. The van der Waals surface area contributed by atoms with E-state index < -0.39 is 0 Å². The zero-order valence-corrected chi connectivity index (χ0v) is 14.8. The van der Waals surface area contributed by atoms with Gasteiger partial charge in [-0.25, -0.2) is 15.0 Å². The van der Waals surface area contributed by atoms with Crippen molar-refractivity contribution < 1.29 is 0 Å². The highest BCUT2D eigenvalue weighted by Crippen LogP contribution is 2.33. The van der Waals surface area contributed by atoms with E-state index in [0.717, 1.165) is 23.3 Å². The van der Waals surface area contributed by atoms with Crippen LogP contribution in [-0.4, -0.2) is 27.5 Å². The predicted molar refractivity (Wildman–Crippen MR) is 96.9 cm³/mol. The smallest absolute Gasteiger partial charge is 0.160 e. The van der Waals surface area contributed by atoms with Crippen LogP contribution in [0.2, 0.25) is 0 Å². The van der Waals surface area contributed by atoms with Crippen LogP contribution < -0.4 is 16.0 Å². The highest BCUT2D eigenvalue weighted by molar-refractivity contribution is 9.10. The Hall–Kier alpha value is -1.89. The van der Waals surface area contributed by atoms with Gasteiger partial charge < -0.3 is 16.0 Å². The Morgan fingerprint density at radius 2 is 2.17 bits per heavy atom. The van der Waals surface area contributed by atoms with Crippen molar-refractivity contribution in [2.75, 3.05) is 22.5 Å². The van der Waals surface area contributed by atoms with Crippen LogP contribution in [0.1, 0.15) is 32.6 Å². The number of pyridine rings is 1. The first kappa shape index (κ1) is 16.0. The molecule has 0 radical (unpaired) electrons. The van der Waals surface area contributed by atoms with E-state index in [1.807, 2.05) is 12.1 Å². The highest BCUT2D eigenvalue weighted by atomic mass is 79.9. The monoisotopic (exact) mass is 376 g/mol. The second-order valence-electron chi connectivity index (χ2n) is 5.70. The minimum absolute atomic E-state index is 0.500. The number of rotatable bonds is 4. The maximum absolute atomic E-state index is 6.34. The summed E-state index contributed by atoms with van der Waals surface area (Å²) in [6.45, 7) is 3.21. The number of nitrogens with zero attached hydrogens (tertiary/aromatic N) is 4. The Bertz CT molecular complexity index is 660. The summed E-state index contributed by atoms with van der Waals surface area (Å²) in [4.78, 5) is 15.3. The fourth-order valence-electron chi connectivity index (χ4n) is 2.99. The first-order valence-corrected chi connectivity index (χ1v) is 8.74. The number of nitrogen functional groups attached to an aromatic ring is 1. The predicted octanol–water partition coefficient (Wildman–Crippen LogP) is 3.73. The van der Waals surface area contributed by atoms with E-state index in [1.165, 1.54) is 19.3 Å². The van der Waals surface area contributed by atoms with E-state index >= 15 is 0 Å². The molecule has 0 saturated carbocycles. The zero-order valence-electron chi connectivity index (χ0n) is 13.2. The summed E-state index contributed by atoms with van der Waals surface area (Å²) in [5, 5.41) is 3.18. The van der Waals surface area contributed by atoms with Crippen molar-refractivity contribution in [1.29, 1.82) is 0 Å². The van der Waals surface area contributed by atoms with Crippen molar-refractivity contribution in [3.05, 3.63) is 29.1 Å². The summed E-state index contributed by atoms with van der Waals surface area (Å²) in [6, 6.07) is 4.30. The van der Waals surface area contributed by atoms with Gasteiger partial charge in [0.1, 0.15) is 17.8 Å². The second kappa shape index (κ2) is 7.12. The quantitative estimate of drug-likeness (QED) is 0.845. The summed E-state index contributed by atoms with van der Waals surface area (Å²) in [5.41, 5.74) is 6.92. The summed E-state index contributed by atoms with van der Waals surface area (Å²) in [5.74, 6) is 2.13. The Labute approximate surface area is 144 Å². The maximum Gasteiger partial charge on any atom is 0.160 e. The highest BCUT2D eigenvalue weighted by Gasteiger charge is 2.25. The molecule has 7 heteroatoms. The van der Waals surface area contributed by atoms with Crippen molar-refractivity contribution in [3.8, 4) is 0 Å². The SMILES string of the molecule is CCC1CCCCN1c1ncnc(Nc2ccc(Br)cn2)c1N. The van der Waals surface area contributed by atoms with Gasteiger partial charge in [0, 0.05) is 23.3 Å². The molecule has 3 rings (SSSR count). The lowest BCUT2D eigenvalue weighted by molar-refractivity contribution is 0.447. The number of nitrogens with two attached hydrogens (primary N) is 1. The fourth-order valence-corrected chi connectivity index (χ4v) is 3.22. The van der Waals surface area contributed by atoms with Gasteiger partial charge in [0.2, 0.25) is 0 Å². The molecular formula is C16H21BrN6. The average molecular weight is 377 g/mol. The molecule has 3 N–H and O–H groups in total. The number of hydrogen-bond donors (Lipinski definition) is 2. The minimum Gasteiger partial charge on any atom is -0.393 e. The van der Waals surface area contributed by atoms with E-state index in [4.69, 9.17) is 5.73 Å². The molecule has 1 saturated heterocycles. The van der Waals surface area contributed by atoms with Gasteiger partial charge in [0.15, 0.2) is 11.6 Å². The van der Waals surface area contributed by atoms with Crippen LogP contribution in [-0.2, 0) is 0 Å². The van der Waals surface area contributed by atoms with Crippen molar-refractivity contribution in [1.82, 2.24) is 15.0 Å². The summed E-state index contributed by atoms with van der Waals surface area (Å²) in [6.07, 6.45) is 8.04. The molecule has 23 heavy (non-hydrogen) atoms. The van der Waals surface area contributed by atoms with E-state index in [-0.39, 0.29) is 0 Å². The molecule has 1 unspecified atom stereocenters. The van der Waals surface area contributed by atoms with Gasteiger partial charge in [-0.2, -0.15) is 0 Å². The molecule has 0 amide bonds. The van der Waals surface area contributed by atoms with Gasteiger partial charge >= 0.3 is 0 Å². The molecule has 1 fully saturated rings.